The summed E-state index contributed by atoms with van der Waals surface area (Å²) in [5, 5.41) is 0.637. The van der Waals surface area contributed by atoms with E-state index in [-0.39, 0.29) is 18.1 Å². The number of carbonyl (C=O) groups is 1. The molecule has 0 fully saturated rings. The predicted molar refractivity (Wildman–Crippen MR) is 106 cm³/mol. The molecule has 3 rings (SSSR count). The summed E-state index contributed by atoms with van der Waals surface area (Å²) in [7, 11) is -1.16. The van der Waals surface area contributed by atoms with E-state index in [1.807, 2.05) is 12.1 Å². The van der Waals surface area contributed by atoms with Gasteiger partial charge >= 0.3 is 0 Å². The molecular formula is C20H18ClNO4S. The van der Waals surface area contributed by atoms with E-state index >= 15 is 0 Å². The van der Waals surface area contributed by atoms with Crippen molar-refractivity contribution in [3.05, 3.63) is 71.1 Å². The number of para-hydroxylation sites is 1. The van der Waals surface area contributed by atoms with E-state index in [0.717, 1.165) is 5.56 Å². The number of Topliss-reactive ketones (excluding diaryl/α,β-unsaturated/α-hetero) is 1. The number of oxazole rings is 1. The fourth-order valence-electron chi connectivity index (χ4n) is 2.46. The molecule has 0 spiro atoms. The molecule has 0 saturated carbocycles. The number of ketones is 1. The van der Waals surface area contributed by atoms with Crippen LogP contribution in [0.25, 0.3) is 11.5 Å². The topological polar surface area (TPSA) is 69.4 Å². The Morgan fingerprint density at radius 3 is 2.67 bits per heavy atom. The Balaban J connectivity index is 1.53. The Morgan fingerprint density at radius 1 is 1.19 bits per heavy atom. The molecule has 1 atom stereocenters. The van der Waals surface area contributed by atoms with Gasteiger partial charge in [0.1, 0.15) is 12.0 Å². The predicted octanol–water partition coefficient (Wildman–Crippen LogP) is 4.53. The largest absolute Gasteiger partial charge is 0.492 e. The average Bonchev–Trinajstić information content (AvgIpc) is 3.11. The summed E-state index contributed by atoms with van der Waals surface area (Å²) in [6, 6.07) is 14.2. The van der Waals surface area contributed by atoms with Gasteiger partial charge in [-0.1, -0.05) is 23.7 Å². The number of ether oxygens (including phenoxy) is 1. The first kappa shape index (κ1) is 19.3. The summed E-state index contributed by atoms with van der Waals surface area (Å²) in [5.41, 5.74) is 1.94. The van der Waals surface area contributed by atoms with Crippen molar-refractivity contribution in [2.75, 3.05) is 12.4 Å². The van der Waals surface area contributed by atoms with Gasteiger partial charge < -0.3 is 9.15 Å². The summed E-state index contributed by atoms with van der Waals surface area (Å²) >= 11 is 5.87. The minimum Gasteiger partial charge on any atom is -0.492 e. The highest BCUT2D eigenvalue weighted by molar-refractivity contribution is 7.84. The lowest BCUT2D eigenvalue weighted by atomic mass is 10.1. The van der Waals surface area contributed by atoms with Gasteiger partial charge in [0.2, 0.25) is 5.89 Å². The molecule has 0 unspecified atom stereocenters. The summed E-state index contributed by atoms with van der Waals surface area (Å²) in [4.78, 5) is 15.9. The standard InChI is InChI=1S/C20H18ClNO4S/c1-14(23)18-4-2-3-5-19(18)25-10-11-27(24)13-17-12-26-20(22-17)15-6-8-16(21)9-7-15/h2-9,12H,10-11,13H2,1H3/t27-/m0/s1. The number of hydrogen-bond acceptors (Lipinski definition) is 5. The van der Waals surface area contributed by atoms with E-state index < -0.39 is 10.8 Å². The monoisotopic (exact) mass is 403 g/mol. The number of hydrogen-bond donors (Lipinski definition) is 0. The van der Waals surface area contributed by atoms with Gasteiger partial charge in [-0.25, -0.2) is 4.98 Å². The van der Waals surface area contributed by atoms with E-state index in [0.29, 0.717) is 33.7 Å². The minimum absolute atomic E-state index is 0.0657. The quantitative estimate of drug-likeness (QED) is 0.517. The van der Waals surface area contributed by atoms with Crippen LogP contribution in [0, 0.1) is 0 Å². The van der Waals surface area contributed by atoms with Crippen LogP contribution < -0.4 is 4.74 Å². The molecule has 0 aliphatic heterocycles. The molecule has 0 aliphatic rings. The van der Waals surface area contributed by atoms with Gasteiger partial charge in [0, 0.05) is 21.4 Å². The van der Waals surface area contributed by atoms with E-state index in [1.165, 1.54) is 13.2 Å². The average molecular weight is 404 g/mol. The van der Waals surface area contributed by atoms with Crippen molar-refractivity contribution in [2.45, 2.75) is 12.7 Å². The molecule has 1 heterocycles. The maximum absolute atomic E-state index is 12.3. The van der Waals surface area contributed by atoms with Crippen molar-refractivity contribution in [1.82, 2.24) is 4.98 Å². The first-order valence-electron chi connectivity index (χ1n) is 8.31. The Morgan fingerprint density at radius 2 is 1.93 bits per heavy atom. The normalized spacial score (nSPS) is 11.9. The van der Waals surface area contributed by atoms with E-state index in [4.69, 9.17) is 20.8 Å². The third-order valence-electron chi connectivity index (χ3n) is 3.79. The van der Waals surface area contributed by atoms with Gasteiger partial charge in [0.25, 0.3) is 0 Å². The zero-order valence-corrected chi connectivity index (χ0v) is 16.3. The lowest BCUT2D eigenvalue weighted by molar-refractivity contribution is 0.101. The molecule has 2 aromatic carbocycles. The van der Waals surface area contributed by atoms with Crippen molar-refractivity contribution in [2.24, 2.45) is 0 Å². The van der Waals surface area contributed by atoms with Crippen LogP contribution in [0.3, 0.4) is 0 Å². The van der Waals surface area contributed by atoms with Gasteiger partial charge in [0.05, 0.1) is 29.4 Å². The smallest absolute Gasteiger partial charge is 0.226 e. The second kappa shape index (κ2) is 8.97. The van der Waals surface area contributed by atoms with Crippen LogP contribution in [0.4, 0.5) is 0 Å². The number of halogens is 1. The van der Waals surface area contributed by atoms with E-state index in [1.54, 1.807) is 36.4 Å². The maximum Gasteiger partial charge on any atom is 0.226 e. The molecule has 140 valence electrons. The molecule has 0 saturated heterocycles. The minimum atomic E-state index is -1.16. The summed E-state index contributed by atoms with van der Waals surface area (Å²) in [5.74, 6) is 1.51. The van der Waals surface area contributed by atoms with Crippen LogP contribution in [0.2, 0.25) is 5.02 Å². The van der Waals surface area contributed by atoms with Crippen molar-refractivity contribution in [3.8, 4) is 17.2 Å². The zero-order valence-electron chi connectivity index (χ0n) is 14.7. The Hall–Kier alpha value is -2.44. The fourth-order valence-corrected chi connectivity index (χ4v) is 3.47. The lowest BCUT2D eigenvalue weighted by Crippen LogP contribution is -2.11. The highest BCUT2D eigenvalue weighted by atomic mass is 35.5. The SMILES string of the molecule is CC(=O)c1ccccc1OCC[S@](=O)Cc1coc(-c2ccc(Cl)cc2)n1. The molecule has 1 aromatic heterocycles. The van der Waals surface area contributed by atoms with Gasteiger partial charge in [0.15, 0.2) is 5.78 Å². The van der Waals surface area contributed by atoms with E-state index in [2.05, 4.69) is 4.98 Å². The van der Waals surface area contributed by atoms with Crippen molar-refractivity contribution in [3.63, 3.8) is 0 Å². The molecule has 3 aromatic rings. The number of rotatable bonds is 8. The van der Waals surface area contributed by atoms with Crippen LogP contribution in [-0.2, 0) is 16.6 Å². The molecule has 0 aliphatic carbocycles. The zero-order chi connectivity index (χ0) is 19.2. The Kier molecular flexibility index (Phi) is 6.42. The van der Waals surface area contributed by atoms with Crippen molar-refractivity contribution < 1.29 is 18.2 Å². The maximum atomic E-state index is 12.3. The van der Waals surface area contributed by atoms with Crippen LogP contribution in [0.5, 0.6) is 5.75 Å². The molecule has 7 heteroatoms. The van der Waals surface area contributed by atoms with Gasteiger partial charge in [-0.3, -0.25) is 9.00 Å². The second-order valence-electron chi connectivity index (χ2n) is 5.84. The summed E-state index contributed by atoms with van der Waals surface area (Å²) in [6.07, 6.45) is 1.51. The van der Waals surface area contributed by atoms with Crippen LogP contribution >= 0.6 is 11.6 Å². The van der Waals surface area contributed by atoms with Crippen molar-refractivity contribution in [1.29, 1.82) is 0 Å². The highest BCUT2D eigenvalue weighted by Crippen LogP contribution is 2.21. The second-order valence-corrected chi connectivity index (χ2v) is 7.85. The Labute approximate surface area is 164 Å². The molecule has 5 nitrogen and oxygen atoms in total. The first-order chi connectivity index (χ1) is 13.0. The lowest BCUT2D eigenvalue weighted by Gasteiger charge is -2.09. The van der Waals surface area contributed by atoms with Crippen LogP contribution in [-0.4, -0.2) is 27.3 Å². The molecule has 27 heavy (non-hydrogen) atoms. The molecular weight excluding hydrogens is 386 g/mol. The van der Waals surface area contributed by atoms with Gasteiger partial charge in [-0.05, 0) is 43.3 Å². The van der Waals surface area contributed by atoms with Gasteiger partial charge in [-0.2, -0.15) is 0 Å². The number of carbonyl (C=O) groups excluding carboxylic acids is 1. The molecule has 0 radical (unpaired) electrons. The number of nitrogens with zero attached hydrogens (tertiary/aromatic N) is 1. The summed E-state index contributed by atoms with van der Waals surface area (Å²) in [6.45, 7) is 1.74. The number of benzene rings is 2. The summed E-state index contributed by atoms with van der Waals surface area (Å²) < 4.78 is 23.3. The number of aromatic nitrogens is 1. The van der Waals surface area contributed by atoms with Crippen LogP contribution in [0.1, 0.15) is 23.0 Å². The first-order valence-corrected chi connectivity index (χ1v) is 10.2. The molecule has 0 amide bonds. The molecule has 0 N–H and O–H groups in total. The molecule has 0 bridgehead atoms. The third-order valence-corrected chi connectivity index (χ3v) is 5.28. The fraction of sp³-hybridized carbons (Fsp3) is 0.200. The highest BCUT2D eigenvalue weighted by Gasteiger charge is 2.11. The van der Waals surface area contributed by atoms with Crippen molar-refractivity contribution >= 4 is 28.2 Å². The van der Waals surface area contributed by atoms with Crippen LogP contribution in [0.15, 0.2) is 59.2 Å². The van der Waals surface area contributed by atoms with E-state index in [9.17, 15) is 9.00 Å². The van der Waals surface area contributed by atoms with Gasteiger partial charge in [-0.15, -0.1) is 0 Å². The third kappa shape index (κ3) is 5.28. The Bertz CT molecular complexity index is 953.